The highest BCUT2D eigenvalue weighted by atomic mass is 16.1. The Morgan fingerprint density at radius 3 is 2.38 bits per heavy atom. The molecule has 1 aliphatic rings. The first-order valence-corrected chi connectivity index (χ1v) is 6.67. The second kappa shape index (κ2) is 5.81. The van der Waals surface area contributed by atoms with E-state index in [0.717, 1.165) is 12.3 Å². The summed E-state index contributed by atoms with van der Waals surface area (Å²) in [6, 6.07) is -0.265. The van der Waals surface area contributed by atoms with Crippen molar-refractivity contribution >= 4 is 5.78 Å². The summed E-state index contributed by atoms with van der Waals surface area (Å²) in [7, 11) is 0. The van der Waals surface area contributed by atoms with E-state index in [0.29, 0.717) is 0 Å². The van der Waals surface area contributed by atoms with Crippen molar-refractivity contribution in [2.24, 2.45) is 17.1 Å². The van der Waals surface area contributed by atoms with Crippen molar-refractivity contribution < 1.29 is 4.79 Å². The molecule has 0 aliphatic heterocycles. The summed E-state index contributed by atoms with van der Waals surface area (Å²) in [4.78, 5) is 11.2. The summed E-state index contributed by atoms with van der Waals surface area (Å²) in [5.74, 6) is 0.986. The fourth-order valence-corrected chi connectivity index (χ4v) is 3.00. The third kappa shape index (κ3) is 4.65. The van der Waals surface area contributed by atoms with Crippen LogP contribution in [0.1, 0.15) is 65.7 Å². The van der Waals surface area contributed by atoms with Crippen LogP contribution < -0.4 is 5.73 Å². The lowest BCUT2D eigenvalue weighted by molar-refractivity contribution is -0.118. The molecule has 0 aromatic rings. The minimum Gasteiger partial charge on any atom is -0.322 e. The van der Waals surface area contributed by atoms with Crippen molar-refractivity contribution in [3.63, 3.8) is 0 Å². The maximum absolute atomic E-state index is 11.2. The maximum atomic E-state index is 11.2. The lowest BCUT2D eigenvalue weighted by Crippen LogP contribution is -2.34. The quantitative estimate of drug-likeness (QED) is 0.780. The van der Waals surface area contributed by atoms with Gasteiger partial charge in [0.2, 0.25) is 0 Å². The molecule has 0 radical (unpaired) electrons. The normalized spacial score (nSPS) is 20.8. The van der Waals surface area contributed by atoms with Crippen LogP contribution >= 0.6 is 0 Å². The minimum atomic E-state index is -0.265. The van der Waals surface area contributed by atoms with Gasteiger partial charge < -0.3 is 5.73 Å². The maximum Gasteiger partial charge on any atom is 0.146 e. The number of Topliss-reactive ketones (excluding diaryl/α,β-unsaturated/α-hetero) is 1. The Bertz CT molecular complexity index is 229. The number of carbonyl (C=O) groups excluding carboxylic acids is 1. The van der Waals surface area contributed by atoms with Crippen LogP contribution in [0.25, 0.3) is 0 Å². The van der Waals surface area contributed by atoms with Gasteiger partial charge >= 0.3 is 0 Å². The zero-order valence-corrected chi connectivity index (χ0v) is 11.1. The summed E-state index contributed by atoms with van der Waals surface area (Å²) in [5.41, 5.74) is 6.07. The SMILES string of the molecule is CC(=O)[C@@H](N)CC(C)(C)CC1CCCCC1. The molecule has 0 amide bonds. The van der Waals surface area contributed by atoms with Gasteiger partial charge in [0.1, 0.15) is 5.78 Å². The molecule has 1 atom stereocenters. The first-order chi connectivity index (χ1) is 7.41. The largest absolute Gasteiger partial charge is 0.322 e. The standard InChI is InChI=1S/C14H27NO/c1-11(16)13(15)10-14(2,3)9-12-7-5-4-6-8-12/h12-13H,4-10,15H2,1-3H3/t13-/m0/s1. The number of hydrogen-bond acceptors (Lipinski definition) is 2. The second-order valence-electron chi connectivity index (χ2n) is 6.29. The zero-order chi connectivity index (χ0) is 12.2. The van der Waals surface area contributed by atoms with E-state index >= 15 is 0 Å². The van der Waals surface area contributed by atoms with Crippen LogP contribution in [0.5, 0.6) is 0 Å². The molecule has 0 unspecified atom stereocenters. The Morgan fingerprint density at radius 1 is 1.31 bits per heavy atom. The summed E-state index contributed by atoms with van der Waals surface area (Å²) in [6.07, 6.45) is 8.99. The van der Waals surface area contributed by atoms with E-state index in [1.54, 1.807) is 6.92 Å². The van der Waals surface area contributed by atoms with E-state index in [1.165, 1.54) is 38.5 Å². The zero-order valence-electron chi connectivity index (χ0n) is 11.1. The van der Waals surface area contributed by atoms with Crippen LogP contribution in [-0.4, -0.2) is 11.8 Å². The number of nitrogens with two attached hydrogens (primary N) is 1. The molecule has 1 fully saturated rings. The van der Waals surface area contributed by atoms with Gasteiger partial charge in [0.25, 0.3) is 0 Å². The van der Waals surface area contributed by atoms with E-state index in [1.807, 2.05) is 0 Å². The molecule has 0 heterocycles. The van der Waals surface area contributed by atoms with Gasteiger partial charge in [-0.05, 0) is 31.1 Å². The Morgan fingerprint density at radius 2 is 1.88 bits per heavy atom. The van der Waals surface area contributed by atoms with Crippen molar-refractivity contribution in [1.82, 2.24) is 0 Å². The number of carbonyl (C=O) groups is 1. The van der Waals surface area contributed by atoms with Gasteiger partial charge in [0.15, 0.2) is 0 Å². The lowest BCUT2D eigenvalue weighted by Gasteiger charge is -2.33. The number of ketones is 1. The van der Waals surface area contributed by atoms with Crippen LogP contribution in [0.3, 0.4) is 0 Å². The monoisotopic (exact) mass is 225 g/mol. The first kappa shape index (κ1) is 13.7. The molecule has 0 bridgehead atoms. The fourth-order valence-electron chi connectivity index (χ4n) is 3.00. The predicted octanol–water partition coefficient (Wildman–Crippen LogP) is 3.29. The Hall–Kier alpha value is -0.370. The van der Waals surface area contributed by atoms with Gasteiger partial charge in [0, 0.05) is 0 Å². The lowest BCUT2D eigenvalue weighted by atomic mass is 9.73. The van der Waals surface area contributed by atoms with Crippen molar-refractivity contribution in [1.29, 1.82) is 0 Å². The van der Waals surface area contributed by atoms with Crippen LogP contribution in [0.15, 0.2) is 0 Å². The minimum absolute atomic E-state index is 0.122. The molecule has 2 heteroatoms. The number of hydrogen-bond donors (Lipinski definition) is 1. The molecular weight excluding hydrogens is 198 g/mol. The predicted molar refractivity (Wildman–Crippen MR) is 68.2 cm³/mol. The van der Waals surface area contributed by atoms with Gasteiger partial charge in [-0.1, -0.05) is 46.0 Å². The van der Waals surface area contributed by atoms with E-state index in [9.17, 15) is 4.79 Å². The Balaban J connectivity index is 2.40. The highest BCUT2D eigenvalue weighted by Crippen LogP contribution is 2.36. The van der Waals surface area contributed by atoms with Gasteiger partial charge in [-0.3, -0.25) is 4.79 Å². The van der Waals surface area contributed by atoms with Gasteiger partial charge in [-0.15, -0.1) is 0 Å². The van der Waals surface area contributed by atoms with Crippen LogP contribution in [-0.2, 0) is 4.79 Å². The molecule has 16 heavy (non-hydrogen) atoms. The molecule has 1 rings (SSSR count). The average Bonchev–Trinajstić information content (AvgIpc) is 2.17. The highest BCUT2D eigenvalue weighted by molar-refractivity contribution is 5.81. The second-order valence-corrected chi connectivity index (χ2v) is 6.29. The van der Waals surface area contributed by atoms with Gasteiger partial charge in [0.05, 0.1) is 6.04 Å². The highest BCUT2D eigenvalue weighted by Gasteiger charge is 2.27. The van der Waals surface area contributed by atoms with Gasteiger partial charge in [-0.25, -0.2) is 0 Å². The summed E-state index contributed by atoms with van der Waals surface area (Å²) in [6.45, 7) is 6.11. The van der Waals surface area contributed by atoms with Crippen LogP contribution in [0, 0.1) is 11.3 Å². The first-order valence-electron chi connectivity index (χ1n) is 6.67. The summed E-state index contributed by atoms with van der Waals surface area (Å²) < 4.78 is 0. The average molecular weight is 225 g/mol. The molecule has 94 valence electrons. The van der Waals surface area contributed by atoms with Crippen molar-refractivity contribution in [3.05, 3.63) is 0 Å². The van der Waals surface area contributed by atoms with Gasteiger partial charge in [-0.2, -0.15) is 0 Å². The molecule has 0 spiro atoms. The molecule has 0 aromatic carbocycles. The molecule has 0 saturated heterocycles. The number of rotatable bonds is 5. The summed E-state index contributed by atoms with van der Waals surface area (Å²) >= 11 is 0. The third-order valence-corrected chi connectivity index (χ3v) is 3.86. The molecule has 0 aromatic heterocycles. The van der Waals surface area contributed by atoms with E-state index in [-0.39, 0.29) is 17.2 Å². The topological polar surface area (TPSA) is 43.1 Å². The third-order valence-electron chi connectivity index (χ3n) is 3.86. The molecule has 1 aliphatic carbocycles. The van der Waals surface area contributed by atoms with Crippen LogP contribution in [0.4, 0.5) is 0 Å². The van der Waals surface area contributed by atoms with Crippen molar-refractivity contribution in [2.45, 2.75) is 71.8 Å². The van der Waals surface area contributed by atoms with Crippen molar-refractivity contribution in [2.75, 3.05) is 0 Å². The van der Waals surface area contributed by atoms with Crippen LogP contribution in [0.2, 0.25) is 0 Å². The Labute approximate surface area is 100.0 Å². The van der Waals surface area contributed by atoms with E-state index in [4.69, 9.17) is 5.73 Å². The smallest absolute Gasteiger partial charge is 0.146 e. The Kier molecular flexibility index (Phi) is 4.97. The van der Waals surface area contributed by atoms with E-state index < -0.39 is 0 Å². The molecular formula is C14H27NO. The van der Waals surface area contributed by atoms with E-state index in [2.05, 4.69) is 13.8 Å². The molecule has 2 nitrogen and oxygen atoms in total. The van der Waals surface area contributed by atoms with Crippen molar-refractivity contribution in [3.8, 4) is 0 Å². The fraction of sp³-hybridized carbons (Fsp3) is 0.929. The molecule has 1 saturated carbocycles. The molecule has 2 N–H and O–H groups in total. The summed E-state index contributed by atoms with van der Waals surface area (Å²) in [5, 5.41) is 0.